The van der Waals surface area contributed by atoms with Crippen LogP contribution in [-0.2, 0) is 11.0 Å². The fourth-order valence-electron chi connectivity index (χ4n) is 2.94. The molecule has 1 amide bonds. The number of benzene rings is 1. The minimum absolute atomic E-state index is 0.107. The lowest BCUT2D eigenvalue weighted by atomic mass is 10.1. The molecule has 2 atom stereocenters. The van der Waals surface area contributed by atoms with Crippen molar-refractivity contribution in [2.45, 2.75) is 24.7 Å². The Hall–Kier alpha value is -2.53. The van der Waals surface area contributed by atoms with E-state index >= 15 is 0 Å². The minimum atomic E-state index is -4.50. The highest BCUT2D eigenvalue weighted by molar-refractivity contribution is 7.15. The van der Waals surface area contributed by atoms with Crippen molar-refractivity contribution in [3.63, 3.8) is 0 Å². The van der Waals surface area contributed by atoms with Crippen molar-refractivity contribution >= 4 is 34.5 Å². The first kappa shape index (κ1) is 24.1. The number of amides is 1. The summed E-state index contributed by atoms with van der Waals surface area (Å²) in [4.78, 5) is 17.5. The van der Waals surface area contributed by atoms with E-state index in [9.17, 15) is 22.4 Å². The van der Waals surface area contributed by atoms with Gasteiger partial charge in [-0.25, -0.2) is 4.39 Å². The Balaban J connectivity index is 1.66. The topological polar surface area (TPSA) is 80.0 Å². The predicted octanol–water partition coefficient (Wildman–Crippen LogP) is 5.24. The molecule has 0 fully saturated rings. The van der Waals surface area contributed by atoms with Crippen LogP contribution in [0.15, 0.2) is 48.7 Å². The number of nitrogens with zero attached hydrogens (tertiary/aromatic N) is 1. The SMILES string of the molecule is CN[C@@H](C[C@@H](N)c1ccc(-c2ccc(C(F)(F)F)nc2)s1)C(=O)Nc1ccc(F)c(Cl)c1. The molecule has 32 heavy (non-hydrogen) atoms. The fraction of sp³-hybridized carbons (Fsp3) is 0.238. The van der Waals surface area contributed by atoms with Gasteiger partial charge in [0.2, 0.25) is 5.91 Å². The van der Waals surface area contributed by atoms with Crippen molar-refractivity contribution in [1.29, 1.82) is 0 Å². The highest BCUT2D eigenvalue weighted by atomic mass is 35.5. The third kappa shape index (κ3) is 5.83. The second-order valence-corrected chi connectivity index (χ2v) is 8.46. The number of carbonyl (C=O) groups excluding carboxylic acids is 1. The van der Waals surface area contributed by atoms with Crippen molar-refractivity contribution < 1.29 is 22.4 Å². The van der Waals surface area contributed by atoms with E-state index in [1.807, 2.05) is 0 Å². The third-order valence-corrected chi connectivity index (χ3v) is 6.23. The van der Waals surface area contributed by atoms with Gasteiger partial charge in [0.15, 0.2) is 0 Å². The Kier molecular flexibility index (Phi) is 7.50. The Bertz CT molecular complexity index is 1090. The van der Waals surface area contributed by atoms with Crippen LogP contribution in [0.1, 0.15) is 23.0 Å². The normalized spacial score (nSPS) is 13.6. The first-order valence-electron chi connectivity index (χ1n) is 9.40. The molecule has 0 aliphatic rings. The van der Waals surface area contributed by atoms with Crippen molar-refractivity contribution in [1.82, 2.24) is 10.3 Å². The minimum Gasteiger partial charge on any atom is -0.325 e. The van der Waals surface area contributed by atoms with Crippen LogP contribution in [0.2, 0.25) is 5.02 Å². The Labute approximate surface area is 190 Å². The fourth-order valence-corrected chi connectivity index (χ4v) is 4.14. The first-order valence-corrected chi connectivity index (χ1v) is 10.6. The maximum absolute atomic E-state index is 13.3. The van der Waals surface area contributed by atoms with E-state index in [1.54, 1.807) is 19.2 Å². The molecular formula is C21H19ClF4N4OS. The highest BCUT2D eigenvalue weighted by Crippen LogP contribution is 2.34. The molecule has 3 rings (SSSR count). The summed E-state index contributed by atoms with van der Waals surface area (Å²) in [7, 11) is 1.61. The number of nitrogens with one attached hydrogen (secondary N) is 2. The maximum atomic E-state index is 13.3. The second kappa shape index (κ2) is 9.95. The summed E-state index contributed by atoms with van der Waals surface area (Å²) < 4.78 is 51.4. The molecule has 2 aromatic heterocycles. The van der Waals surface area contributed by atoms with Gasteiger partial charge in [0.25, 0.3) is 0 Å². The molecule has 3 aromatic rings. The van der Waals surface area contributed by atoms with Crippen molar-refractivity contribution in [3.8, 4) is 10.4 Å². The number of nitrogens with two attached hydrogens (primary N) is 1. The van der Waals surface area contributed by atoms with E-state index in [0.717, 1.165) is 17.0 Å². The molecule has 0 spiro atoms. The molecule has 1 aromatic carbocycles. The number of hydrogen-bond donors (Lipinski definition) is 3. The summed E-state index contributed by atoms with van der Waals surface area (Å²) in [6.07, 6.45) is -3.08. The number of anilines is 1. The van der Waals surface area contributed by atoms with Crippen molar-refractivity contribution in [2.75, 3.05) is 12.4 Å². The van der Waals surface area contributed by atoms with Crippen LogP contribution in [0.4, 0.5) is 23.2 Å². The van der Waals surface area contributed by atoms with E-state index in [0.29, 0.717) is 16.1 Å². The largest absolute Gasteiger partial charge is 0.433 e. The molecular weight excluding hydrogens is 468 g/mol. The molecule has 0 saturated heterocycles. The van der Waals surface area contributed by atoms with Gasteiger partial charge in [-0.2, -0.15) is 13.2 Å². The zero-order valence-electron chi connectivity index (χ0n) is 16.7. The van der Waals surface area contributed by atoms with Gasteiger partial charge in [0.05, 0.1) is 11.1 Å². The summed E-state index contributed by atoms with van der Waals surface area (Å²) >= 11 is 7.05. The number of alkyl halides is 3. The molecule has 170 valence electrons. The summed E-state index contributed by atoms with van der Waals surface area (Å²) in [5, 5.41) is 5.45. The molecule has 2 heterocycles. The average Bonchev–Trinajstić information content (AvgIpc) is 3.24. The van der Waals surface area contributed by atoms with Gasteiger partial charge >= 0.3 is 6.18 Å². The molecule has 0 radical (unpaired) electrons. The highest BCUT2D eigenvalue weighted by Gasteiger charge is 2.32. The summed E-state index contributed by atoms with van der Waals surface area (Å²) in [5.41, 5.74) is 6.21. The second-order valence-electron chi connectivity index (χ2n) is 6.93. The molecule has 4 N–H and O–H groups in total. The van der Waals surface area contributed by atoms with Crippen molar-refractivity contribution in [3.05, 3.63) is 70.1 Å². The van der Waals surface area contributed by atoms with Crippen LogP contribution in [0.5, 0.6) is 0 Å². The number of rotatable bonds is 7. The number of halogens is 5. The predicted molar refractivity (Wildman–Crippen MR) is 117 cm³/mol. The number of likely N-dealkylation sites (N-methyl/N-ethyl adjacent to an activating group) is 1. The summed E-state index contributed by atoms with van der Waals surface area (Å²) in [6, 6.07) is 8.52. The maximum Gasteiger partial charge on any atom is 0.433 e. The lowest BCUT2D eigenvalue weighted by Crippen LogP contribution is -2.40. The number of pyridine rings is 1. The number of carbonyl (C=O) groups is 1. The lowest BCUT2D eigenvalue weighted by Gasteiger charge is -2.19. The zero-order chi connectivity index (χ0) is 23.5. The van der Waals surface area contributed by atoms with E-state index in [1.165, 1.54) is 35.7 Å². The molecule has 0 aliphatic carbocycles. The van der Waals surface area contributed by atoms with Gasteiger partial charge < -0.3 is 16.4 Å². The van der Waals surface area contributed by atoms with Gasteiger partial charge in [-0.15, -0.1) is 11.3 Å². The molecule has 5 nitrogen and oxygen atoms in total. The lowest BCUT2D eigenvalue weighted by molar-refractivity contribution is -0.141. The Morgan fingerprint density at radius 1 is 1.22 bits per heavy atom. The van der Waals surface area contributed by atoms with Gasteiger partial charge in [-0.05, 0) is 55.9 Å². The average molecular weight is 487 g/mol. The summed E-state index contributed by atoms with van der Waals surface area (Å²) in [6.45, 7) is 0. The molecule has 0 bridgehead atoms. The Morgan fingerprint density at radius 3 is 2.56 bits per heavy atom. The van der Waals surface area contributed by atoms with E-state index in [4.69, 9.17) is 17.3 Å². The zero-order valence-corrected chi connectivity index (χ0v) is 18.3. The standard InChI is InChI=1S/C21H19ClF4N4OS/c1-28-16(20(31)30-12-3-4-14(23)13(22)8-12)9-15(27)18-6-5-17(32-18)11-2-7-19(29-10-11)21(24,25)26/h2-8,10,15-16,28H,9,27H2,1H3,(H,30,31)/t15-,16+/m1/s1. The van der Waals surface area contributed by atoms with Gasteiger partial charge in [0.1, 0.15) is 11.5 Å². The van der Waals surface area contributed by atoms with Crippen molar-refractivity contribution in [2.24, 2.45) is 5.73 Å². The van der Waals surface area contributed by atoms with Crippen LogP contribution in [0.3, 0.4) is 0 Å². The third-order valence-electron chi connectivity index (χ3n) is 4.67. The van der Waals surface area contributed by atoms with E-state index in [-0.39, 0.29) is 17.4 Å². The molecule has 11 heteroatoms. The first-order chi connectivity index (χ1) is 15.1. The van der Waals surface area contributed by atoms with Gasteiger partial charge in [0, 0.05) is 33.2 Å². The molecule has 0 aliphatic heterocycles. The van der Waals surface area contributed by atoms with E-state index < -0.39 is 29.8 Å². The van der Waals surface area contributed by atoms with Crippen LogP contribution >= 0.6 is 22.9 Å². The molecule has 0 unspecified atom stereocenters. The van der Waals surface area contributed by atoms with E-state index in [2.05, 4.69) is 15.6 Å². The number of aromatic nitrogens is 1. The number of thiophene rings is 1. The quantitative estimate of drug-likeness (QED) is 0.399. The molecule has 0 saturated carbocycles. The van der Waals surface area contributed by atoms with Crippen LogP contribution in [0, 0.1) is 5.82 Å². The monoisotopic (exact) mass is 486 g/mol. The van der Waals surface area contributed by atoms with Crippen LogP contribution < -0.4 is 16.4 Å². The van der Waals surface area contributed by atoms with Crippen LogP contribution in [0.25, 0.3) is 10.4 Å². The van der Waals surface area contributed by atoms with Crippen LogP contribution in [-0.4, -0.2) is 24.0 Å². The Morgan fingerprint density at radius 2 is 1.97 bits per heavy atom. The van der Waals surface area contributed by atoms with Gasteiger partial charge in [-0.3, -0.25) is 9.78 Å². The van der Waals surface area contributed by atoms with Gasteiger partial charge in [-0.1, -0.05) is 11.6 Å². The smallest absolute Gasteiger partial charge is 0.325 e. The number of hydrogen-bond acceptors (Lipinski definition) is 5. The summed E-state index contributed by atoms with van der Waals surface area (Å²) in [5.74, 6) is -0.956.